The highest BCUT2D eigenvalue weighted by atomic mass is 35.5. The molecule has 3 rings (SSSR count). The van der Waals surface area contributed by atoms with Crippen LogP contribution in [0, 0.1) is 0 Å². The van der Waals surface area contributed by atoms with Gasteiger partial charge in [0.15, 0.2) is 11.5 Å². The van der Waals surface area contributed by atoms with Gasteiger partial charge in [0.25, 0.3) is 0 Å². The Hall–Kier alpha value is -2.87. The Bertz CT molecular complexity index is 895. The second-order valence-electron chi connectivity index (χ2n) is 5.04. The summed E-state index contributed by atoms with van der Waals surface area (Å²) < 4.78 is 6.86. The quantitative estimate of drug-likeness (QED) is 0.722. The van der Waals surface area contributed by atoms with Crippen molar-refractivity contribution < 1.29 is 9.53 Å². The molecule has 3 N–H and O–H groups in total. The van der Waals surface area contributed by atoms with Crippen LogP contribution in [0.4, 0.5) is 5.82 Å². The number of anilines is 1. The highest BCUT2D eigenvalue weighted by Gasteiger charge is 2.11. The number of nitrogens with zero attached hydrogens (tertiary/aromatic N) is 4. The number of halogens is 1. The van der Waals surface area contributed by atoms with E-state index < -0.39 is 0 Å². The maximum absolute atomic E-state index is 12.2. The van der Waals surface area contributed by atoms with Crippen LogP contribution >= 0.6 is 11.6 Å². The number of nitrogens with one attached hydrogen (secondary N) is 1. The molecule has 2 heterocycles. The molecule has 0 aliphatic carbocycles. The molecular weight excluding hydrogens is 332 g/mol. The first-order chi connectivity index (χ1) is 11.6. The molecule has 0 atom stereocenters. The van der Waals surface area contributed by atoms with Crippen LogP contribution in [-0.4, -0.2) is 32.5 Å². The Morgan fingerprint density at radius 2 is 2.21 bits per heavy atom. The van der Waals surface area contributed by atoms with Gasteiger partial charge in [0.1, 0.15) is 24.1 Å². The van der Waals surface area contributed by atoms with Gasteiger partial charge in [-0.2, -0.15) is 0 Å². The SMILES string of the molecule is COc1ccc(Cl)cc1CNC(=O)Cn1cnc2c(N)ncnc21. The number of carbonyl (C=O) groups is 1. The monoisotopic (exact) mass is 346 g/mol. The Kier molecular flexibility index (Phi) is 4.48. The first kappa shape index (κ1) is 16.0. The summed E-state index contributed by atoms with van der Waals surface area (Å²) in [6.45, 7) is 0.363. The van der Waals surface area contributed by atoms with E-state index in [9.17, 15) is 4.79 Å². The van der Waals surface area contributed by atoms with Crippen molar-refractivity contribution >= 4 is 34.5 Å². The van der Waals surface area contributed by atoms with Crippen LogP contribution in [-0.2, 0) is 17.9 Å². The van der Waals surface area contributed by atoms with E-state index in [2.05, 4.69) is 20.3 Å². The second kappa shape index (κ2) is 6.71. The number of nitrogen functional groups attached to an aromatic ring is 1. The van der Waals surface area contributed by atoms with Crippen LogP contribution in [0.1, 0.15) is 5.56 Å². The molecule has 0 aliphatic heterocycles. The maximum Gasteiger partial charge on any atom is 0.240 e. The van der Waals surface area contributed by atoms with E-state index in [1.165, 1.54) is 12.7 Å². The summed E-state index contributed by atoms with van der Waals surface area (Å²) in [7, 11) is 1.57. The Balaban J connectivity index is 1.70. The minimum atomic E-state index is -0.200. The molecule has 3 aromatic rings. The molecule has 0 spiro atoms. The van der Waals surface area contributed by atoms with Crippen LogP contribution < -0.4 is 15.8 Å². The van der Waals surface area contributed by atoms with Gasteiger partial charge >= 0.3 is 0 Å². The van der Waals surface area contributed by atoms with Crippen LogP contribution in [0.3, 0.4) is 0 Å². The van der Waals surface area contributed by atoms with Crippen molar-refractivity contribution in [3.05, 3.63) is 41.4 Å². The number of hydrogen-bond donors (Lipinski definition) is 2. The summed E-state index contributed by atoms with van der Waals surface area (Å²) >= 11 is 5.98. The predicted molar refractivity (Wildman–Crippen MR) is 89.6 cm³/mol. The highest BCUT2D eigenvalue weighted by Crippen LogP contribution is 2.22. The average Bonchev–Trinajstić information content (AvgIpc) is 2.97. The largest absolute Gasteiger partial charge is 0.496 e. The van der Waals surface area contributed by atoms with Gasteiger partial charge in [-0.15, -0.1) is 0 Å². The minimum absolute atomic E-state index is 0.0653. The summed E-state index contributed by atoms with van der Waals surface area (Å²) in [6, 6.07) is 5.24. The predicted octanol–water partition coefficient (Wildman–Crippen LogP) is 1.39. The Labute approximate surface area is 142 Å². The summed E-state index contributed by atoms with van der Waals surface area (Å²) in [4.78, 5) is 24.3. The van der Waals surface area contributed by atoms with E-state index in [0.717, 1.165) is 5.56 Å². The number of hydrogen-bond acceptors (Lipinski definition) is 6. The van der Waals surface area contributed by atoms with E-state index in [0.29, 0.717) is 28.5 Å². The molecule has 8 nitrogen and oxygen atoms in total. The van der Waals surface area contributed by atoms with Crippen LogP contribution in [0.2, 0.25) is 5.02 Å². The van der Waals surface area contributed by atoms with Gasteiger partial charge in [-0.25, -0.2) is 15.0 Å². The third-order valence-electron chi connectivity index (χ3n) is 3.46. The van der Waals surface area contributed by atoms with Crippen molar-refractivity contribution in [3.63, 3.8) is 0 Å². The van der Waals surface area contributed by atoms with Crippen molar-refractivity contribution in [2.24, 2.45) is 0 Å². The highest BCUT2D eigenvalue weighted by molar-refractivity contribution is 6.30. The van der Waals surface area contributed by atoms with E-state index >= 15 is 0 Å². The van der Waals surface area contributed by atoms with E-state index in [-0.39, 0.29) is 18.3 Å². The molecule has 1 amide bonds. The molecular formula is C15H15ClN6O2. The number of imidazole rings is 1. The van der Waals surface area contributed by atoms with Gasteiger partial charge in [0, 0.05) is 17.1 Å². The number of aromatic nitrogens is 4. The lowest BCUT2D eigenvalue weighted by atomic mass is 10.2. The van der Waals surface area contributed by atoms with Crippen molar-refractivity contribution in [3.8, 4) is 5.75 Å². The normalized spacial score (nSPS) is 10.8. The lowest BCUT2D eigenvalue weighted by Crippen LogP contribution is -2.27. The zero-order valence-corrected chi connectivity index (χ0v) is 13.6. The second-order valence-corrected chi connectivity index (χ2v) is 5.47. The third-order valence-corrected chi connectivity index (χ3v) is 3.70. The van der Waals surface area contributed by atoms with E-state index in [4.69, 9.17) is 22.1 Å². The van der Waals surface area contributed by atoms with E-state index in [1.54, 1.807) is 29.9 Å². The zero-order chi connectivity index (χ0) is 17.1. The number of benzene rings is 1. The average molecular weight is 347 g/mol. The Morgan fingerprint density at radius 3 is 3.00 bits per heavy atom. The Morgan fingerprint density at radius 1 is 1.38 bits per heavy atom. The number of carbonyl (C=O) groups excluding carboxylic acids is 1. The van der Waals surface area contributed by atoms with Crippen molar-refractivity contribution in [2.75, 3.05) is 12.8 Å². The van der Waals surface area contributed by atoms with Gasteiger partial charge in [0.2, 0.25) is 5.91 Å². The number of methoxy groups -OCH3 is 1. The zero-order valence-electron chi connectivity index (χ0n) is 12.9. The van der Waals surface area contributed by atoms with Crippen LogP contribution in [0.25, 0.3) is 11.2 Å². The number of nitrogens with two attached hydrogens (primary N) is 1. The fraction of sp³-hybridized carbons (Fsp3) is 0.200. The molecule has 24 heavy (non-hydrogen) atoms. The molecule has 9 heteroatoms. The number of fused-ring (bicyclic) bond motifs is 1. The standard InChI is InChI=1S/C15H15ClN6O2/c1-24-11-3-2-10(16)4-9(11)5-18-12(23)6-22-8-21-13-14(17)19-7-20-15(13)22/h2-4,7-8H,5-6H2,1H3,(H,18,23)(H2,17,19,20). The molecule has 0 unspecified atom stereocenters. The lowest BCUT2D eigenvalue weighted by molar-refractivity contribution is -0.121. The lowest BCUT2D eigenvalue weighted by Gasteiger charge is -2.10. The first-order valence-electron chi connectivity index (χ1n) is 7.09. The molecule has 0 aliphatic rings. The summed E-state index contributed by atoms with van der Waals surface area (Å²) in [6.07, 6.45) is 2.85. The molecule has 124 valence electrons. The molecule has 1 aromatic carbocycles. The molecule has 0 saturated carbocycles. The number of ether oxygens (including phenoxy) is 1. The number of amides is 1. The van der Waals surface area contributed by atoms with Gasteiger partial charge in [-0.3, -0.25) is 4.79 Å². The first-order valence-corrected chi connectivity index (χ1v) is 7.46. The van der Waals surface area contributed by atoms with Crippen molar-refractivity contribution in [2.45, 2.75) is 13.1 Å². The summed E-state index contributed by atoms with van der Waals surface area (Å²) in [5.74, 6) is 0.740. The molecule has 2 aromatic heterocycles. The minimum Gasteiger partial charge on any atom is -0.496 e. The van der Waals surface area contributed by atoms with Gasteiger partial charge in [-0.05, 0) is 18.2 Å². The van der Waals surface area contributed by atoms with Gasteiger partial charge < -0.3 is 20.4 Å². The topological polar surface area (TPSA) is 108 Å². The molecule has 0 bridgehead atoms. The maximum atomic E-state index is 12.2. The van der Waals surface area contributed by atoms with Gasteiger partial charge in [-0.1, -0.05) is 11.6 Å². The van der Waals surface area contributed by atoms with Gasteiger partial charge in [0.05, 0.1) is 13.4 Å². The van der Waals surface area contributed by atoms with Crippen LogP contribution in [0.5, 0.6) is 5.75 Å². The third kappa shape index (κ3) is 3.23. The summed E-state index contributed by atoms with van der Waals surface area (Å²) in [5, 5.41) is 3.39. The summed E-state index contributed by atoms with van der Waals surface area (Å²) in [5.41, 5.74) is 7.51. The fourth-order valence-corrected chi connectivity index (χ4v) is 2.50. The van der Waals surface area contributed by atoms with E-state index in [1.807, 2.05) is 0 Å². The molecule has 0 fully saturated rings. The van der Waals surface area contributed by atoms with Crippen molar-refractivity contribution in [1.82, 2.24) is 24.8 Å². The smallest absolute Gasteiger partial charge is 0.240 e. The van der Waals surface area contributed by atoms with Crippen LogP contribution in [0.15, 0.2) is 30.9 Å². The molecule has 0 saturated heterocycles. The fourth-order valence-electron chi connectivity index (χ4n) is 2.30. The number of rotatable bonds is 5. The van der Waals surface area contributed by atoms with Crippen molar-refractivity contribution in [1.29, 1.82) is 0 Å². The molecule has 0 radical (unpaired) electrons.